The number of carbonyl (C=O) groups is 1. The smallest absolute Gasteiger partial charge is 0.265 e. The number of nitrogens with one attached hydrogen (secondary N) is 2. The van der Waals surface area contributed by atoms with Crippen LogP contribution in [0.1, 0.15) is 28.4 Å². The number of halogens is 1. The number of aryl methyl sites for hydroxylation is 1. The molecule has 0 aliphatic rings. The normalized spacial score (nSPS) is 11.1. The number of carbonyl (C=O) groups excluding carboxylic acids is 1. The van der Waals surface area contributed by atoms with Crippen molar-refractivity contribution in [3.05, 3.63) is 82.4 Å². The Hall–Kier alpha value is -3.03. The molecule has 0 fully saturated rings. The van der Waals surface area contributed by atoms with Crippen LogP contribution in [0, 0.1) is 6.92 Å². The van der Waals surface area contributed by atoms with Crippen LogP contribution in [0.15, 0.2) is 65.6 Å². The van der Waals surface area contributed by atoms with Gasteiger partial charge in [0.2, 0.25) is 0 Å². The van der Waals surface area contributed by atoms with Crippen molar-refractivity contribution in [3.63, 3.8) is 0 Å². The molecule has 0 bridgehead atoms. The first-order valence-electron chi connectivity index (χ1n) is 9.61. The highest BCUT2D eigenvalue weighted by molar-refractivity contribution is 7.92. The fourth-order valence-corrected chi connectivity index (χ4v) is 4.41. The maximum atomic E-state index is 13.0. The average molecular weight is 459 g/mol. The third-order valence-corrected chi connectivity index (χ3v) is 6.66. The van der Waals surface area contributed by atoms with E-state index in [1.54, 1.807) is 37.3 Å². The minimum Gasteiger partial charge on any atom is -0.495 e. The summed E-state index contributed by atoms with van der Waals surface area (Å²) in [6.45, 7) is 3.81. The van der Waals surface area contributed by atoms with E-state index in [4.69, 9.17) is 16.3 Å². The molecule has 8 heteroatoms. The quantitative estimate of drug-likeness (QED) is 0.505. The number of anilines is 2. The van der Waals surface area contributed by atoms with Crippen LogP contribution in [0.5, 0.6) is 5.75 Å². The fraction of sp³-hybridized carbons (Fsp3) is 0.174. The van der Waals surface area contributed by atoms with Gasteiger partial charge < -0.3 is 10.1 Å². The molecule has 3 aromatic rings. The lowest BCUT2D eigenvalue weighted by Gasteiger charge is -2.14. The molecule has 1 amide bonds. The summed E-state index contributed by atoms with van der Waals surface area (Å²) in [5.41, 5.74) is 2.95. The maximum Gasteiger partial charge on any atom is 0.265 e. The van der Waals surface area contributed by atoms with Crippen LogP contribution < -0.4 is 14.8 Å². The van der Waals surface area contributed by atoms with E-state index in [1.165, 1.54) is 25.3 Å². The fourth-order valence-electron chi connectivity index (χ4n) is 2.98. The van der Waals surface area contributed by atoms with Gasteiger partial charge >= 0.3 is 0 Å². The Bertz CT molecular complexity index is 1210. The van der Waals surface area contributed by atoms with E-state index < -0.39 is 15.9 Å². The predicted molar refractivity (Wildman–Crippen MR) is 124 cm³/mol. The van der Waals surface area contributed by atoms with E-state index in [0.29, 0.717) is 16.4 Å². The third kappa shape index (κ3) is 5.18. The van der Waals surface area contributed by atoms with Gasteiger partial charge in [0.05, 0.1) is 7.11 Å². The van der Waals surface area contributed by atoms with Gasteiger partial charge in [-0.05, 0) is 66.9 Å². The van der Waals surface area contributed by atoms with Crippen LogP contribution in [0.25, 0.3) is 0 Å². The highest BCUT2D eigenvalue weighted by atomic mass is 35.5. The first-order valence-corrected chi connectivity index (χ1v) is 11.5. The Labute approximate surface area is 187 Å². The van der Waals surface area contributed by atoms with Crippen molar-refractivity contribution in [1.29, 1.82) is 0 Å². The zero-order chi connectivity index (χ0) is 22.6. The van der Waals surface area contributed by atoms with E-state index in [-0.39, 0.29) is 16.2 Å². The molecule has 3 rings (SSSR count). The molecule has 0 aliphatic heterocycles. The van der Waals surface area contributed by atoms with Crippen molar-refractivity contribution in [1.82, 2.24) is 0 Å². The summed E-state index contributed by atoms with van der Waals surface area (Å²) in [5, 5.41) is 3.29. The number of ether oxygens (including phenoxy) is 1. The molecule has 6 nitrogen and oxygen atoms in total. The highest BCUT2D eigenvalue weighted by Gasteiger charge is 2.22. The standard InChI is InChI=1S/C23H23ClN2O4S/c1-4-16-8-11-18(12-9-16)26-31(28,29)22-14-17(10-13-21(22)30-3)23(27)25-20-7-5-6-19(24)15(20)2/h5-14,26H,4H2,1-3H3,(H,25,27). The molecule has 0 radical (unpaired) electrons. The minimum absolute atomic E-state index is 0.133. The van der Waals surface area contributed by atoms with Crippen LogP contribution >= 0.6 is 11.6 Å². The number of hydrogen-bond donors (Lipinski definition) is 2. The van der Waals surface area contributed by atoms with Crippen molar-refractivity contribution < 1.29 is 17.9 Å². The summed E-state index contributed by atoms with van der Waals surface area (Å²) in [5.74, 6) is -0.329. The topological polar surface area (TPSA) is 84.5 Å². The first kappa shape index (κ1) is 22.7. The molecule has 0 atom stereocenters. The molecule has 2 N–H and O–H groups in total. The molecule has 31 heavy (non-hydrogen) atoms. The number of rotatable bonds is 7. The monoisotopic (exact) mass is 458 g/mol. The Balaban J connectivity index is 1.91. The van der Waals surface area contributed by atoms with E-state index in [1.807, 2.05) is 19.1 Å². The molecule has 0 saturated carbocycles. The van der Waals surface area contributed by atoms with E-state index >= 15 is 0 Å². The second-order valence-corrected chi connectivity index (χ2v) is 8.95. The van der Waals surface area contributed by atoms with E-state index in [2.05, 4.69) is 10.0 Å². The van der Waals surface area contributed by atoms with Crippen LogP contribution in [0.2, 0.25) is 5.02 Å². The van der Waals surface area contributed by atoms with Crippen LogP contribution in [0.3, 0.4) is 0 Å². The van der Waals surface area contributed by atoms with Crippen LogP contribution in [-0.4, -0.2) is 21.4 Å². The molecule has 162 valence electrons. The highest BCUT2D eigenvalue weighted by Crippen LogP contribution is 2.28. The van der Waals surface area contributed by atoms with Gasteiger partial charge in [0.1, 0.15) is 10.6 Å². The van der Waals surface area contributed by atoms with Gasteiger partial charge in [0.25, 0.3) is 15.9 Å². The summed E-state index contributed by atoms with van der Waals surface area (Å²) in [7, 11) is -2.62. The molecular weight excluding hydrogens is 436 g/mol. The number of benzene rings is 3. The lowest BCUT2D eigenvalue weighted by molar-refractivity contribution is 0.102. The van der Waals surface area contributed by atoms with Gasteiger partial charge in [-0.2, -0.15) is 0 Å². The summed E-state index contributed by atoms with van der Waals surface area (Å²) in [6.07, 6.45) is 0.851. The van der Waals surface area contributed by atoms with E-state index in [0.717, 1.165) is 17.5 Å². The van der Waals surface area contributed by atoms with Gasteiger partial charge in [-0.25, -0.2) is 8.42 Å². The summed E-state index contributed by atoms with van der Waals surface area (Å²) >= 11 is 6.11. The molecule has 0 aromatic heterocycles. The van der Waals surface area contributed by atoms with Gasteiger partial charge in [0, 0.05) is 22.0 Å². The number of hydrogen-bond acceptors (Lipinski definition) is 4. The van der Waals surface area contributed by atoms with Gasteiger partial charge in [-0.3, -0.25) is 9.52 Å². The van der Waals surface area contributed by atoms with Gasteiger partial charge in [-0.15, -0.1) is 0 Å². The maximum absolute atomic E-state index is 13.0. The van der Waals surface area contributed by atoms with Crippen molar-refractivity contribution >= 4 is 38.9 Å². The summed E-state index contributed by atoms with van der Waals surface area (Å²) in [4.78, 5) is 12.6. The SMILES string of the molecule is CCc1ccc(NS(=O)(=O)c2cc(C(=O)Nc3cccc(Cl)c3C)ccc2OC)cc1. The Morgan fingerprint density at radius 3 is 2.42 bits per heavy atom. The van der Waals surface area contributed by atoms with Crippen LogP contribution in [-0.2, 0) is 16.4 Å². The van der Waals surface area contributed by atoms with Crippen molar-refractivity contribution in [2.75, 3.05) is 17.1 Å². The molecule has 0 aliphatic carbocycles. The molecule has 0 saturated heterocycles. The van der Waals surface area contributed by atoms with E-state index in [9.17, 15) is 13.2 Å². The Morgan fingerprint density at radius 2 is 1.77 bits per heavy atom. The average Bonchev–Trinajstić information content (AvgIpc) is 2.76. The predicted octanol–water partition coefficient (Wildman–Crippen LogP) is 5.27. The number of amides is 1. The van der Waals surface area contributed by atoms with Crippen molar-refractivity contribution in [2.45, 2.75) is 25.2 Å². The molecule has 0 spiro atoms. The van der Waals surface area contributed by atoms with Gasteiger partial charge in [-0.1, -0.05) is 36.7 Å². The zero-order valence-corrected chi connectivity index (χ0v) is 19.0. The van der Waals surface area contributed by atoms with Crippen LogP contribution in [0.4, 0.5) is 11.4 Å². The Kier molecular flexibility index (Phi) is 6.87. The lowest BCUT2D eigenvalue weighted by atomic mass is 10.1. The number of sulfonamides is 1. The largest absolute Gasteiger partial charge is 0.495 e. The summed E-state index contributed by atoms with van der Waals surface area (Å²) < 4.78 is 33.8. The first-order chi connectivity index (χ1) is 14.7. The second-order valence-electron chi connectivity index (χ2n) is 6.89. The Morgan fingerprint density at radius 1 is 1.06 bits per heavy atom. The zero-order valence-electron chi connectivity index (χ0n) is 17.4. The molecule has 0 unspecified atom stereocenters. The lowest BCUT2D eigenvalue weighted by Crippen LogP contribution is -2.17. The third-order valence-electron chi connectivity index (χ3n) is 4.85. The summed E-state index contributed by atoms with van der Waals surface area (Å²) in [6, 6.07) is 16.5. The molecular formula is C23H23ClN2O4S. The van der Waals surface area contributed by atoms with Crippen molar-refractivity contribution in [2.24, 2.45) is 0 Å². The van der Waals surface area contributed by atoms with Crippen molar-refractivity contribution in [3.8, 4) is 5.75 Å². The number of methoxy groups -OCH3 is 1. The molecule has 3 aromatic carbocycles. The molecule has 0 heterocycles. The second kappa shape index (κ2) is 9.41. The minimum atomic E-state index is -4.00. The van der Waals surface area contributed by atoms with Gasteiger partial charge in [0.15, 0.2) is 0 Å².